The second-order valence-corrected chi connectivity index (χ2v) is 5.29. The highest BCUT2D eigenvalue weighted by atomic mass is 16.2. The summed E-state index contributed by atoms with van der Waals surface area (Å²) in [6, 6.07) is 0.255. The molecule has 0 aliphatic carbocycles. The largest absolute Gasteiger partial charge is 0.369 e. The number of likely N-dealkylation sites (N-methyl/N-ethyl adjacent to an activating group) is 2. The van der Waals surface area contributed by atoms with Crippen molar-refractivity contribution in [2.24, 2.45) is 0 Å². The Morgan fingerprint density at radius 1 is 1.55 bits per heavy atom. The number of piperidine rings is 1. The van der Waals surface area contributed by atoms with Gasteiger partial charge in [0.25, 0.3) is 5.91 Å². The fourth-order valence-electron chi connectivity index (χ4n) is 2.54. The fourth-order valence-corrected chi connectivity index (χ4v) is 2.54. The molecule has 1 aromatic rings. The first-order chi connectivity index (χ1) is 9.61. The molecule has 1 saturated heterocycles. The molecule has 1 unspecified atom stereocenters. The second kappa shape index (κ2) is 6.65. The number of rotatable bonds is 4. The van der Waals surface area contributed by atoms with Crippen molar-refractivity contribution in [2.45, 2.75) is 25.8 Å². The van der Waals surface area contributed by atoms with E-state index in [1.54, 1.807) is 11.1 Å². The summed E-state index contributed by atoms with van der Waals surface area (Å²) >= 11 is 0. The Morgan fingerprint density at radius 3 is 3.05 bits per heavy atom. The SMILES string of the molecule is CCNc1cncc(C(=O)N(C)C2CCCN(C)C2)n1. The highest BCUT2D eigenvalue weighted by Crippen LogP contribution is 2.15. The summed E-state index contributed by atoms with van der Waals surface area (Å²) in [5.74, 6) is 0.588. The molecule has 0 spiro atoms. The average Bonchev–Trinajstić information content (AvgIpc) is 2.46. The third-order valence-electron chi connectivity index (χ3n) is 3.68. The zero-order valence-corrected chi connectivity index (χ0v) is 12.5. The Morgan fingerprint density at radius 2 is 2.35 bits per heavy atom. The van der Waals surface area contributed by atoms with E-state index in [9.17, 15) is 4.79 Å². The maximum absolute atomic E-state index is 12.5. The van der Waals surface area contributed by atoms with Crippen LogP contribution in [-0.2, 0) is 0 Å². The number of hydrogen-bond acceptors (Lipinski definition) is 5. The van der Waals surface area contributed by atoms with Gasteiger partial charge in [0.15, 0.2) is 0 Å². The molecule has 1 aliphatic rings. The molecule has 2 rings (SSSR count). The van der Waals surface area contributed by atoms with Gasteiger partial charge in [-0.15, -0.1) is 0 Å². The second-order valence-electron chi connectivity index (χ2n) is 5.29. The Hall–Kier alpha value is -1.69. The number of nitrogens with zero attached hydrogens (tertiary/aromatic N) is 4. The normalized spacial score (nSPS) is 19.6. The van der Waals surface area contributed by atoms with Gasteiger partial charge in [0.1, 0.15) is 11.5 Å². The van der Waals surface area contributed by atoms with Crippen LogP contribution < -0.4 is 5.32 Å². The van der Waals surface area contributed by atoms with Crippen LogP contribution in [0.15, 0.2) is 12.4 Å². The topological polar surface area (TPSA) is 61.4 Å². The van der Waals surface area contributed by atoms with Crippen molar-refractivity contribution >= 4 is 11.7 Å². The predicted octanol–water partition coefficient (Wildman–Crippen LogP) is 1.07. The molecule has 1 aromatic heterocycles. The minimum atomic E-state index is -0.0578. The number of carbonyl (C=O) groups excluding carboxylic acids is 1. The highest BCUT2D eigenvalue weighted by Gasteiger charge is 2.26. The Labute approximate surface area is 120 Å². The maximum atomic E-state index is 12.5. The van der Waals surface area contributed by atoms with Crippen LogP contribution >= 0.6 is 0 Å². The molecule has 0 radical (unpaired) electrons. The van der Waals surface area contributed by atoms with Crippen LogP contribution in [0.25, 0.3) is 0 Å². The molecule has 6 nitrogen and oxygen atoms in total. The number of nitrogens with one attached hydrogen (secondary N) is 1. The quantitative estimate of drug-likeness (QED) is 0.892. The molecular weight excluding hydrogens is 254 g/mol. The van der Waals surface area contributed by atoms with Crippen molar-refractivity contribution < 1.29 is 4.79 Å². The molecule has 2 heterocycles. The van der Waals surface area contributed by atoms with Crippen molar-refractivity contribution in [1.82, 2.24) is 19.8 Å². The standard InChI is InChI=1S/C14H23N5O/c1-4-16-13-9-15-8-12(17-13)14(20)19(3)11-6-5-7-18(2)10-11/h8-9,11H,4-7,10H2,1-3H3,(H,16,17). The Bertz CT molecular complexity index is 465. The molecule has 1 fully saturated rings. The van der Waals surface area contributed by atoms with Gasteiger partial charge in [0.2, 0.25) is 0 Å². The molecule has 1 aliphatic heterocycles. The van der Waals surface area contributed by atoms with Gasteiger partial charge < -0.3 is 15.1 Å². The van der Waals surface area contributed by atoms with Crippen molar-refractivity contribution in [2.75, 3.05) is 39.0 Å². The molecule has 0 bridgehead atoms. The van der Waals surface area contributed by atoms with E-state index in [1.165, 1.54) is 6.20 Å². The van der Waals surface area contributed by atoms with Crippen LogP contribution in [0.1, 0.15) is 30.3 Å². The summed E-state index contributed by atoms with van der Waals surface area (Å²) in [6.45, 7) is 4.77. The first-order valence-electron chi connectivity index (χ1n) is 7.13. The summed E-state index contributed by atoms with van der Waals surface area (Å²) in [5, 5.41) is 3.08. The van der Waals surface area contributed by atoms with Gasteiger partial charge in [0, 0.05) is 26.2 Å². The number of hydrogen-bond donors (Lipinski definition) is 1. The summed E-state index contributed by atoms with van der Waals surface area (Å²) in [4.78, 5) is 25.0. The average molecular weight is 277 g/mol. The molecule has 0 saturated carbocycles. The molecule has 1 N–H and O–H groups in total. The van der Waals surface area contributed by atoms with Gasteiger partial charge in [-0.3, -0.25) is 9.78 Å². The van der Waals surface area contributed by atoms with E-state index in [0.29, 0.717) is 11.5 Å². The highest BCUT2D eigenvalue weighted by molar-refractivity contribution is 5.92. The third kappa shape index (κ3) is 3.45. The number of carbonyl (C=O) groups is 1. The van der Waals surface area contributed by atoms with Gasteiger partial charge in [-0.1, -0.05) is 0 Å². The zero-order chi connectivity index (χ0) is 14.5. The molecule has 1 amide bonds. The lowest BCUT2D eigenvalue weighted by Gasteiger charge is -2.35. The Balaban J connectivity index is 2.07. The summed E-state index contributed by atoms with van der Waals surface area (Å²) in [6.07, 6.45) is 5.34. The van der Waals surface area contributed by atoms with Gasteiger partial charge in [-0.2, -0.15) is 0 Å². The van der Waals surface area contributed by atoms with Crippen LogP contribution in [0.3, 0.4) is 0 Å². The number of amides is 1. The van der Waals surface area contributed by atoms with Crippen LogP contribution in [0.4, 0.5) is 5.82 Å². The maximum Gasteiger partial charge on any atom is 0.274 e. The van der Waals surface area contributed by atoms with E-state index in [4.69, 9.17) is 0 Å². The van der Waals surface area contributed by atoms with Crippen molar-refractivity contribution in [1.29, 1.82) is 0 Å². The lowest BCUT2D eigenvalue weighted by molar-refractivity contribution is 0.0638. The van der Waals surface area contributed by atoms with Gasteiger partial charge in [0.05, 0.1) is 12.4 Å². The van der Waals surface area contributed by atoms with Gasteiger partial charge in [-0.25, -0.2) is 4.98 Å². The number of aromatic nitrogens is 2. The monoisotopic (exact) mass is 277 g/mol. The zero-order valence-electron chi connectivity index (χ0n) is 12.5. The van der Waals surface area contributed by atoms with Crippen molar-refractivity contribution in [3.05, 3.63) is 18.1 Å². The van der Waals surface area contributed by atoms with Gasteiger partial charge >= 0.3 is 0 Å². The fraction of sp³-hybridized carbons (Fsp3) is 0.643. The van der Waals surface area contributed by atoms with Crippen LogP contribution in [0.5, 0.6) is 0 Å². The first kappa shape index (κ1) is 14.7. The van der Waals surface area contributed by atoms with Crippen molar-refractivity contribution in [3.8, 4) is 0 Å². The van der Waals surface area contributed by atoms with Crippen LogP contribution in [-0.4, -0.2) is 65.4 Å². The molecular formula is C14H23N5O. The van der Waals surface area contributed by atoms with Crippen molar-refractivity contribution in [3.63, 3.8) is 0 Å². The number of anilines is 1. The molecule has 6 heteroatoms. The van der Waals surface area contributed by atoms with E-state index in [1.807, 2.05) is 14.0 Å². The summed E-state index contributed by atoms with van der Waals surface area (Å²) in [7, 11) is 3.95. The Kier molecular flexibility index (Phi) is 4.89. The van der Waals surface area contributed by atoms with Crippen LogP contribution in [0.2, 0.25) is 0 Å². The molecule has 0 aromatic carbocycles. The van der Waals surface area contributed by atoms with E-state index in [-0.39, 0.29) is 11.9 Å². The smallest absolute Gasteiger partial charge is 0.274 e. The summed E-state index contributed by atoms with van der Waals surface area (Å²) in [5.41, 5.74) is 0.402. The lowest BCUT2D eigenvalue weighted by atomic mass is 10.0. The van der Waals surface area contributed by atoms with E-state index in [2.05, 4.69) is 27.2 Å². The molecule has 110 valence electrons. The summed E-state index contributed by atoms with van der Waals surface area (Å²) < 4.78 is 0. The minimum absolute atomic E-state index is 0.0578. The van der Waals surface area contributed by atoms with E-state index in [0.717, 1.165) is 32.5 Å². The first-order valence-corrected chi connectivity index (χ1v) is 7.13. The number of likely N-dealkylation sites (tertiary alicyclic amines) is 1. The lowest BCUT2D eigenvalue weighted by Crippen LogP contribution is -2.47. The van der Waals surface area contributed by atoms with E-state index < -0.39 is 0 Å². The minimum Gasteiger partial charge on any atom is -0.369 e. The van der Waals surface area contributed by atoms with E-state index >= 15 is 0 Å². The predicted molar refractivity (Wildman–Crippen MR) is 78.8 cm³/mol. The van der Waals surface area contributed by atoms with Crippen LogP contribution in [0, 0.1) is 0 Å². The van der Waals surface area contributed by atoms with Gasteiger partial charge in [-0.05, 0) is 33.4 Å². The molecule has 20 heavy (non-hydrogen) atoms. The third-order valence-corrected chi connectivity index (χ3v) is 3.68. The molecule has 1 atom stereocenters.